The van der Waals surface area contributed by atoms with Crippen LogP contribution in [0.1, 0.15) is 35.1 Å². The molecule has 1 heterocycles. The minimum atomic E-state index is -1.03. The summed E-state index contributed by atoms with van der Waals surface area (Å²) in [6, 6.07) is 5.04. The molecule has 0 aromatic carbocycles. The van der Waals surface area contributed by atoms with Gasteiger partial charge in [0.2, 0.25) is 0 Å². The van der Waals surface area contributed by atoms with Gasteiger partial charge in [-0.2, -0.15) is 5.26 Å². The standard InChI is InChI=1S/C14H19N3O3/c1-10-11(8-15)4-5-12(17-10)13(18)16-9-14(2,19)6-7-20-3/h4-5,19H,6-7,9H2,1-3H3,(H,16,18). The van der Waals surface area contributed by atoms with Crippen LogP contribution in [-0.4, -0.2) is 41.9 Å². The molecule has 1 unspecified atom stereocenters. The fraction of sp³-hybridized carbons (Fsp3) is 0.500. The van der Waals surface area contributed by atoms with Crippen LogP contribution in [0.25, 0.3) is 0 Å². The fourth-order valence-electron chi connectivity index (χ4n) is 1.58. The van der Waals surface area contributed by atoms with Crippen LogP contribution in [0.2, 0.25) is 0 Å². The van der Waals surface area contributed by atoms with E-state index in [2.05, 4.69) is 10.3 Å². The highest BCUT2D eigenvalue weighted by molar-refractivity contribution is 5.92. The lowest BCUT2D eigenvalue weighted by molar-refractivity contribution is 0.0243. The molecule has 1 rings (SSSR count). The SMILES string of the molecule is COCCC(C)(O)CNC(=O)c1ccc(C#N)c(C)n1. The van der Waals surface area contributed by atoms with E-state index in [-0.39, 0.29) is 18.1 Å². The van der Waals surface area contributed by atoms with Gasteiger partial charge in [-0.1, -0.05) is 0 Å². The molecule has 0 saturated carbocycles. The number of pyridine rings is 1. The third kappa shape index (κ3) is 4.61. The average molecular weight is 277 g/mol. The van der Waals surface area contributed by atoms with Gasteiger partial charge in [0.25, 0.3) is 5.91 Å². The molecular formula is C14H19N3O3. The summed E-state index contributed by atoms with van der Waals surface area (Å²) in [5.74, 6) is -0.379. The van der Waals surface area contributed by atoms with Crippen molar-refractivity contribution in [1.82, 2.24) is 10.3 Å². The van der Waals surface area contributed by atoms with Crippen LogP contribution >= 0.6 is 0 Å². The van der Waals surface area contributed by atoms with Crippen LogP contribution in [0.15, 0.2) is 12.1 Å². The number of hydrogen-bond donors (Lipinski definition) is 2. The smallest absolute Gasteiger partial charge is 0.269 e. The van der Waals surface area contributed by atoms with E-state index in [0.29, 0.717) is 24.3 Å². The summed E-state index contributed by atoms with van der Waals surface area (Å²) in [6.45, 7) is 3.82. The first-order valence-electron chi connectivity index (χ1n) is 6.27. The second-order valence-electron chi connectivity index (χ2n) is 4.86. The fourth-order valence-corrected chi connectivity index (χ4v) is 1.58. The quantitative estimate of drug-likeness (QED) is 0.801. The molecule has 1 amide bonds. The zero-order chi connectivity index (χ0) is 15.2. The maximum Gasteiger partial charge on any atom is 0.269 e. The minimum Gasteiger partial charge on any atom is -0.388 e. The first-order valence-corrected chi connectivity index (χ1v) is 6.27. The maximum absolute atomic E-state index is 11.9. The number of hydrogen-bond acceptors (Lipinski definition) is 5. The molecule has 0 aliphatic carbocycles. The van der Waals surface area contributed by atoms with E-state index in [1.165, 1.54) is 6.07 Å². The first kappa shape index (κ1) is 16.1. The zero-order valence-corrected chi connectivity index (χ0v) is 11.9. The first-order chi connectivity index (χ1) is 9.39. The predicted octanol–water partition coefficient (Wildman–Crippen LogP) is 0.779. The van der Waals surface area contributed by atoms with E-state index < -0.39 is 5.60 Å². The maximum atomic E-state index is 11.9. The Morgan fingerprint density at radius 1 is 1.60 bits per heavy atom. The molecule has 0 fully saturated rings. The van der Waals surface area contributed by atoms with Crippen molar-refractivity contribution in [2.75, 3.05) is 20.3 Å². The predicted molar refractivity (Wildman–Crippen MR) is 73.1 cm³/mol. The Labute approximate surface area is 118 Å². The van der Waals surface area contributed by atoms with Gasteiger partial charge in [-0.15, -0.1) is 0 Å². The second-order valence-corrected chi connectivity index (χ2v) is 4.86. The molecule has 0 bridgehead atoms. The van der Waals surface area contributed by atoms with Gasteiger partial charge in [0.15, 0.2) is 0 Å². The van der Waals surface area contributed by atoms with Crippen molar-refractivity contribution in [3.63, 3.8) is 0 Å². The Morgan fingerprint density at radius 3 is 2.85 bits per heavy atom. The van der Waals surface area contributed by atoms with Crippen molar-refractivity contribution in [3.05, 3.63) is 29.1 Å². The van der Waals surface area contributed by atoms with Crippen molar-refractivity contribution in [3.8, 4) is 6.07 Å². The number of methoxy groups -OCH3 is 1. The topological polar surface area (TPSA) is 95.2 Å². The van der Waals surface area contributed by atoms with E-state index >= 15 is 0 Å². The van der Waals surface area contributed by atoms with E-state index in [1.807, 2.05) is 6.07 Å². The Balaban J connectivity index is 2.64. The number of aromatic nitrogens is 1. The average Bonchev–Trinajstić information content (AvgIpc) is 2.42. The normalized spacial score (nSPS) is 13.3. The van der Waals surface area contributed by atoms with Crippen LogP contribution in [0.4, 0.5) is 0 Å². The molecule has 0 spiro atoms. The van der Waals surface area contributed by atoms with Gasteiger partial charge in [-0.25, -0.2) is 4.98 Å². The van der Waals surface area contributed by atoms with Gasteiger partial charge in [0.05, 0.1) is 16.9 Å². The molecule has 2 N–H and O–H groups in total. The van der Waals surface area contributed by atoms with Crippen LogP contribution < -0.4 is 5.32 Å². The Hall–Kier alpha value is -1.97. The highest BCUT2D eigenvalue weighted by Crippen LogP contribution is 2.09. The summed E-state index contributed by atoms with van der Waals surface area (Å²) in [7, 11) is 1.55. The number of aliphatic hydroxyl groups is 1. The van der Waals surface area contributed by atoms with Crippen molar-refractivity contribution in [2.24, 2.45) is 0 Å². The third-order valence-electron chi connectivity index (χ3n) is 2.91. The van der Waals surface area contributed by atoms with Crippen molar-refractivity contribution in [2.45, 2.75) is 25.9 Å². The largest absolute Gasteiger partial charge is 0.388 e. The lowest BCUT2D eigenvalue weighted by atomic mass is 10.0. The number of rotatable bonds is 6. The minimum absolute atomic E-state index is 0.107. The molecule has 0 aliphatic heterocycles. The number of amides is 1. The summed E-state index contributed by atoms with van der Waals surface area (Å²) < 4.78 is 4.89. The van der Waals surface area contributed by atoms with Crippen LogP contribution in [0.5, 0.6) is 0 Å². The highest BCUT2D eigenvalue weighted by atomic mass is 16.5. The summed E-state index contributed by atoms with van der Waals surface area (Å²) in [5, 5.41) is 21.4. The van der Waals surface area contributed by atoms with Crippen molar-refractivity contribution < 1.29 is 14.6 Å². The molecule has 0 saturated heterocycles. The number of aryl methyl sites for hydroxylation is 1. The number of carbonyl (C=O) groups excluding carboxylic acids is 1. The summed E-state index contributed by atoms with van der Waals surface area (Å²) in [5.41, 5.74) is 0.136. The number of ether oxygens (including phenoxy) is 1. The van der Waals surface area contributed by atoms with Gasteiger partial charge in [0, 0.05) is 26.7 Å². The number of nitriles is 1. The van der Waals surface area contributed by atoms with Gasteiger partial charge >= 0.3 is 0 Å². The number of nitrogens with one attached hydrogen (secondary N) is 1. The molecule has 1 atom stereocenters. The Kier molecular flexibility index (Phi) is 5.62. The van der Waals surface area contributed by atoms with Gasteiger partial charge in [-0.3, -0.25) is 4.79 Å². The van der Waals surface area contributed by atoms with Crippen LogP contribution in [0.3, 0.4) is 0 Å². The highest BCUT2D eigenvalue weighted by Gasteiger charge is 2.21. The molecule has 1 aromatic rings. The molecule has 20 heavy (non-hydrogen) atoms. The molecule has 1 aromatic heterocycles. The second kappa shape index (κ2) is 6.98. The van der Waals surface area contributed by atoms with Crippen molar-refractivity contribution in [1.29, 1.82) is 5.26 Å². The molecular weight excluding hydrogens is 258 g/mol. The summed E-state index contributed by atoms with van der Waals surface area (Å²) >= 11 is 0. The zero-order valence-electron chi connectivity index (χ0n) is 11.9. The number of carbonyl (C=O) groups is 1. The molecule has 0 radical (unpaired) electrons. The lowest BCUT2D eigenvalue weighted by Crippen LogP contribution is -2.41. The Bertz CT molecular complexity index is 521. The molecule has 0 aliphatic rings. The van der Waals surface area contributed by atoms with Crippen LogP contribution in [0, 0.1) is 18.3 Å². The van der Waals surface area contributed by atoms with E-state index in [4.69, 9.17) is 10.00 Å². The third-order valence-corrected chi connectivity index (χ3v) is 2.91. The van der Waals surface area contributed by atoms with Crippen molar-refractivity contribution >= 4 is 5.91 Å². The van der Waals surface area contributed by atoms with Gasteiger partial charge < -0.3 is 15.2 Å². The molecule has 6 heteroatoms. The van der Waals surface area contributed by atoms with E-state index in [9.17, 15) is 9.90 Å². The summed E-state index contributed by atoms with van der Waals surface area (Å²) in [4.78, 5) is 16.0. The van der Waals surface area contributed by atoms with Gasteiger partial charge in [-0.05, 0) is 26.0 Å². The van der Waals surface area contributed by atoms with E-state index in [1.54, 1.807) is 27.0 Å². The monoisotopic (exact) mass is 277 g/mol. The number of nitrogens with zero attached hydrogens (tertiary/aromatic N) is 2. The Morgan fingerprint density at radius 2 is 2.30 bits per heavy atom. The van der Waals surface area contributed by atoms with Crippen LogP contribution in [-0.2, 0) is 4.74 Å². The molecule has 108 valence electrons. The van der Waals surface area contributed by atoms with Gasteiger partial charge in [0.1, 0.15) is 11.8 Å². The van der Waals surface area contributed by atoms with E-state index in [0.717, 1.165) is 0 Å². The lowest BCUT2D eigenvalue weighted by Gasteiger charge is -2.23. The summed E-state index contributed by atoms with van der Waals surface area (Å²) in [6.07, 6.45) is 0.420. The molecule has 6 nitrogen and oxygen atoms in total.